The molecule has 0 aliphatic heterocycles. The maximum Gasteiger partial charge on any atom is 0.240 e. The minimum atomic E-state index is -3.66. The minimum absolute atomic E-state index is 0.0217. The largest absolute Gasteiger partial charge is 0.491 e. The van der Waals surface area contributed by atoms with Crippen LogP contribution < -0.4 is 9.46 Å². The van der Waals surface area contributed by atoms with E-state index in [1.165, 1.54) is 13.2 Å². The summed E-state index contributed by atoms with van der Waals surface area (Å²) in [6.07, 6.45) is -0.858. The van der Waals surface area contributed by atoms with Gasteiger partial charge in [-0.05, 0) is 44.5 Å². The van der Waals surface area contributed by atoms with Crippen molar-refractivity contribution in [1.82, 2.24) is 4.72 Å². The van der Waals surface area contributed by atoms with Crippen molar-refractivity contribution < 1.29 is 23.0 Å². The van der Waals surface area contributed by atoms with Gasteiger partial charge in [0, 0.05) is 13.7 Å². The Balaban J connectivity index is 2.82. The molecule has 0 heterocycles. The molecule has 1 aromatic carbocycles. The Bertz CT molecular complexity index is 556. The van der Waals surface area contributed by atoms with E-state index in [9.17, 15) is 13.5 Å². The highest BCUT2D eigenvalue weighted by Crippen LogP contribution is 2.22. The fraction of sp³-hybridized carbons (Fsp3) is 0.571. The highest BCUT2D eigenvalue weighted by Gasteiger charge is 2.17. The van der Waals surface area contributed by atoms with Crippen molar-refractivity contribution >= 4 is 10.0 Å². The molecule has 1 aromatic rings. The summed E-state index contributed by atoms with van der Waals surface area (Å²) >= 11 is 0. The molecular formula is C14H23NO5S. The normalized spacial score (nSPS) is 13.4. The van der Waals surface area contributed by atoms with Crippen LogP contribution in [0.5, 0.6) is 5.75 Å². The smallest absolute Gasteiger partial charge is 0.240 e. The van der Waals surface area contributed by atoms with Gasteiger partial charge in [-0.1, -0.05) is 0 Å². The molecule has 0 saturated heterocycles. The zero-order valence-electron chi connectivity index (χ0n) is 12.8. The molecule has 0 radical (unpaired) electrons. The molecule has 0 saturated carbocycles. The number of hydrogen-bond acceptors (Lipinski definition) is 5. The lowest BCUT2D eigenvalue weighted by molar-refractivity contribution is 0.0679. The van der Waals surface area contributed by atoms with E-state index in [-0.39, 0.29) is 24.2 Å². The molecule has 1 atom stereocenters. The third-order valence-corrected chi connectivity index (χ3v) is 4.11. The molecule has 0 spiro atoms. The number of nitrogens with one attached hydrogen (secondary N) is 1. The van der Waals surface area contributed by atoms with E-state index in [0.29, 0.717) is 5.75 Å². The summed E-state index contributed by atoms with van der Waals surface area (Å²) in [4.78, 5) is 0.140. The molecule has 7 heteroatoms. The fourth-order valence-electron chi connectivity index (χ4n) is 1.72. The Kier molecular flexibility index (Phi) is 6.60. The number of aliphatic hydroxyl groups is 1. The van der Waals surface area contributed by atoms with Crippen molar-refractivity contribution in [3.8, 4) is 5.75 Å². The fourth-order valence-corrected chi connectivity index (χ4v) is 2.87. The van der Waals surface area contributed by atoms with Gasteiger partial charge in [-0.25, -0.2) is 13.1 Å². The topological polar surface area (TPSA) is 84.9 Å². The van der Waals surface area contributed by atoms with E-state index in [1.54, 1.807) is 19.1 Å². The molecule has 0 bridgehead atoms. The van der Waals surface area contributed by atoms with Gasteiger partial charge < -0.3 is 14.6 Å². The van der Waals surface area contributed by atoms with Crippen molar-refractivity contribution in [2.45, 2.75) is 37.9 Å². The zero-order chi connectivity index (χ0) is 16.0. The maximum absolute atomic E-state index is 12.1. The van der Waals surface area contributed by atoms with Crippen LogP contribution in [-0.4, -0.2) is 46.0 Å². The van der Waals surface area contributed by atoms with Crippen LogP contribution in [0.4, 0.5) is 0 Å². The minimum Gasteiger partial charge on any atom is -0.491 e. The van der Waals surface area contributed by atoms with Crippen molar-refractivity contribution in [2.75, 3.05) is 20.3 Å². The lowest BCUT2D eigenvalue weighted by atomic mass is 10.2. The van der Waals surface area contributed by atoms with Crippen LogP contribution in [0.1, 0.15) is 19.4 Å². The molecule has 120 valence electrons. The van der Waals surface area contributed by atoms with Crippen molar-refractivity contribution in [2.24, 2.45) is 0 Å². The van der Waals surface area contributed by atoms with Gasteiger partial charge in [0.1, 0.15) is 5.75 Å². The van der Waals surface area contributed by atoms with Gasteiger partial charge in [0.25, 0.3) is 0 Å². The summed E-state index contributed by atoms with van der Waals surface area (Å²) < 4.78 is 36.9. The van der Waals surface area contributed by atoms with Crippen LogP contribution in [0, 0.1) is 6.92 Å². The number of hydrogen-bond donors (Lipinski definition) is 2. The molecule has 0 fully saturated rings. The molecule has 1 unspecified atom stereocenters. The third-order valence-electron chi connectivity index (χ3n) is 2.69. The summed E-state index contributed by atoms with van der Waals surface area (Å²) in [6, 6.07) is 4.66. The molecule has 0 aromatic heterocycles. The van der Waals surface area contributed by atoms with Gasteiger partial charge in [0.15, 0.2) is 0 Å². The quantitative estimate of drug-likeness (QED) is 0.749. The molecule has 6 nitrogen and oxygen atoms in total. The Morgan fingerprint density at radius 1 is 1.33 bits per heavy atom. The van der Waals surface area contributed by atoms with Crippen LogP contribution in [-0.2, 0) is 14.8 Å². The van der Waals surface area contributed by atoms with Crippen molar-refractivity contribution in [1.29, 1.82) is 0 Å². The molecular weight excluding hydrogens is 294 g/mol. The van der Waals surface area contributed by atoms with E-state index in [2.05, 4.69) is 4.72 Å². The lowest BCUT2D eigenvalue weighted by Crippen LogP contribution is -2.34. The number of sulfonamides is 1. The number of rotatable bonds is 8. The Morgan fingerprint density at radius 3 is 2.52 bits per heavy atom. The summed E-state index contributed by atoms with van der Waals surface area (Å²) in [6.45, 7) is 5.57. The molecule has 0 aliphatic rings. The van der Waals surface area contributed by atoms with Gasteiger partial charge in [-0.15, -0.1) is 0 Å². The summed E-state index contributed by atoms with van der Waals surface area (Å²) in [5.74, 6) is 0.656. The lowest BCUT2D eigenvalue weighted by Gasteiger charge is -2.14. The molecule has 0 amide bonds. The maximum atomic E-state index is 12.1. The number of aryl methyl sites for hydroxylation is 1. The Morgan fingerprint density at radius 2 is 2.00 bits per heavy atom. The SMILES string of the molecule is COCC(O)CNS(=O)(=O)c1ccc(OC(C)C)c(C)c1. The van der Waals surface area contributed by atoms with Crippen molar-refractivity contribution in [3.63, 3.8) is 0 Å². The number of aliphatic hydroxyl groups excluding tert-OH is 1. The molecule has 0 aliphatic carbocycles. The van der Waals surface area contributed by atoms with Crippen LogP contribution >= 0.6 is 0 Å². The van der Waals surface area contributed by atoms with E-state index in [0.717, 1.165) is 5.56 Å². The first-order valence-electron chi connectivity index (χ1n) is 6.70. The standard InChI is InChI=1S/C14H23NO5S/c1-10(2)20-14-6-5-13(7-11(14)3)21(17,18)15-8-12(16)9-19-4/h5-7,10,12,15-16H,8-9H2,1-4H3. The second kappa shape index (κ2) is 7.74. The third kappa shape index (κ3) is 5.62. The first-order valence-corrected chi connectivity index (χ1v) is 8.18. The summed E-state index contributed by atoms with van der Waals surface area (Å²) in [5, 5.41) is 9.49. The van der Waals surface area contributed by atoms with Crippen LogP contribution in [0.25, 0.3) is 0 Å². The van der Waals surface area contributed by atoms with E-state index in [4.69, 9.17) is 9.47 Å². The van der Waals surface area contributed by atoms with E-state index < -0.39 is 16.1 Å². The van der Waals surface area contributed by atoms with Gasteiger partial charge >= 0.3 is 0 Å². The predicted octanol–water partition coefficient (Wildman–Crippen LogP) is 1.07. The van der Waals surface area contributed by atoms with Gasteiger partial charge in [0.05, 0.1) is 23.7 Å². The van der Waals surface area contributed by atoms with Crippen LogP contribution in [0.3, 0.4) is 0 Å². The molecule has 2 N–H and O–H groups in total. The van der Waals surface area contributed by atoms with E-state index >= 15 is 0 Å². The van der Waals surface area contributed by atoms with Crippen LogP contribution in [0.2, 0.25) is 0 Å². The average Bonchev–Trinajstić information content (AvgIpc) is 2.39. The molecule has 1 rings (SSSR count). The summed E-state index contributed by atoms with van der Waals surface area (Å²) in [7, 11) is -2.22. The second-order valence-corrected chi connectivity index (χ2v) is 6.82. The highest BCUT2D eigenvalue weighted by molar-refractivity contribution is 7.89. The number of benzene rings is 1. The first-order chi connectivity index (χ1) is 9.76. The number of ether oxygens (including phenoxy) is 2. The van der Waals surface area contributed by atoms with Crippen LogP contribution in [0.15, 0.2) is 23.1 Å². The van der Waals surface area contributed by atoms with Gasteiger partial charge in [-0.3, -0.25) is 0 Å². The Hall–Kier alpha value is -1.15. The zero-order valence-corrected chi connectivity index (χ0v) is 13.6. The summed E-state index contributed by atoms with van der Waals surface area (Å²) in [5.41, 5.74) is 0.740. The van der Waals surface area contributed by atoms with Gasteiger partial charge in [-0.2, -0.15) is 0 Å². The Labute approximate surface area is 126 Å². The monoisotopic (exact) mass is 317 g/mol. The predicted molar refractivity (Wildman–Crippen MR) is 80.0 cm³/mol. The van der Waals surface area contributed by atoms with E-state index in [1.807, 2.05) is 13.8 Å². The van der Waals surface area contributed by atoms with Crippen molar-refractivity contribution in [3.05, 3.63) is 23.8 Å². The second-order valence-electron chi connectivity index (χ2n) is 5.05. The molecule has 21 heavy (non-hydrogen) atoms. The number of methoxy groups -OCH3 is 1. The average molecular weight is 317 g/mol. The first kappa shape index (κ1) is 17.9. The van der Waals surface area contributed by atoms with Gasteiger partial charge in [0.2, 0.25) is 10.0 Å². The highest BCUT2D eigenvalue weighted by atomic mass is 32.2.